The lowest BCUT2D eigenvalue weighted by Crippen LogP contribution is -2.57. The Morgan fingerprint density at radius 3 is 2.62 bits per heavy atom. The molecule has 2 aromatic heterocycles. The van der Waals surface area contributed by atoms with Crippen LogP contribution in [-0.2, 0) is 11.3 Å². The van der Waals surface area contributed by atoms with Crippen LogP contribution in [0.15, 0.2) is 60.2 Å². The van der Waals surface area contributed by atoms with Gasteiger partial charge in [-0.3, -0.25) is 24.6 Å². The molecule has 4 aromatic rings. The number of carbonyl (C=O) groups is 3. The van der Waals surface area contributed by atoms with Crippen LogP contribution in [0.1, 0.15) is 40.1 Å². The molecule has 2 atom stereocenters. The standard InChI is InChI=1S/C27H26FN5O3S/c1-16-14-33(17(2)13-32(16)15-18-3-6-20(28)7-4-18)26(36)22-12-30-23-8-5-19(11-21(22)23)24(34)25(35)31-27-29-9-10-37-27/h3-12,16-17,30H,13-15H2,1-2H3,(H,29,31,35)/t16-,17+/m0/s1. The second-order valence-electron chi connectivity index (χ2n) is 9.29. The van der Waals surface area contributed by atoms with Gasteiger partial charge in [0.25, 0.3) is 17.6 Å². The van der Waals surface area contributed by atoms with Gasteiger partial charge < -0.3 is 9.88 Å². The Hall–Kier alpha value is -3.89. The van der Waals surface area contributed by atoms with E-state index in [2.05, 4.69) is 27.1 Å². The Morgan fingerprint density at radius 2 is 1.89 bits per heavy atom. The third-order valence-electron chi connectivity index (χ3n) is 6.71. The van der Waals surface area contributed by atoms with E-state index in [0.29, 0.717) is 41.2 Å². The summed E-state index contributed by atoms with van der Waals surface area (Å²) >= 11 is 1.22. The Morgan fingerprint density at radius 1 is 1.11 bits per heavy atom. The summed E-state index contributed by atoms with van der Waals surface area (Å²) in [6.45, 7) is 5.96. The summed E-state index contributed by atoms with van der Waals surface area (Å²) in [7, 11) is 0. The van der Waals surface area contributed by atoms with E-state index < -0.39 is 11.7 Å². The Labute approximate surface area is 217 Å². The lowest BCUT2D eigenvalue weighted by atomic mass is 10.0. The number of carbonyl (C=O) groups excluding carboxylic acids is 3. The van der Waals surface area contributed by atoms with Crippen LogP contribution in [0.2, 0.25) is 0 Å². The lowest BCUT2D eigenvalue weighted by molar-refractivity contribution is -0.112. The van der Waals surface area contributed by atoms with Gasteiger partial charge in [-0.25, -0.2) is 9.37 Å². The minimum Gasteiger partial charge on any atom is -0.360 e. The Balaban J connectivity index is 1.32. The fourth-order valence-electron chi connectivity index (χ4n) is 4.69. The van der Waals surface area contributed by atoms with Gasteiger partial charge in [-0.2, -0.15) is 0 Å². The van der Waals surface area contributed by atoms with Crippen LogP contribution < -0.4 is 5.32 Å². The number of thiazole rings is 1. The van der Waals surface area contributed by atoms with Crippen LogP contribution in [0.3, 0.4) is 0 Å². The van der Waals surface area contributed by atoms with E-state index in [1.807, 2.05) is 11.8 Å². The quantitative estimate of drug-likeness (QED) is 0.292. The topological polar surface area (TPSA) is 98.4 Å². The van der Waals surface area contributed by atoms with Crippen molar-refractivity contribution in [3.05, 3.63) is 82.7 Å². The molecule has 0 aliphatic carbocycles. The van der Waals surface area contributed by atoms with Gasteiger partial charge in [0.2, 0.25) is 0 Å². The first-order chi connectivity index (χ1) is 17.8. The third-order valence-corrected chi connectivity index (χ3v) is 7.40. The Bertz CT molecular complexity index is 1450. The maximum atomic E-state index is 13.6. The number of H-pyrrole nitrogens is 1. The van der Waals surface area contributed by atoms with Gasteiger partial charge in [0.15, 0.2) is 5.13 Å². The summed E-state index contributed by atoms with van der Waals surface area (Å²) in [6.07, 6.45) is 3.19. The highest BCUT2D eigenvalue weighted by molar-refractivity contribution is 7.13. The van der Waals surface area contributed by atoms with E-state index in [-0.39, 0.29) is 29.4 Å². The van der Waals surface area contributed by atoms with Gasteiger partial charge in [-0.15, -0.1) is 11.3 Å². The van der Waals surface area contributed by atoms with E-state index >= 15 is 0 Å². The monoisotopic (exact) mass is 519 g/mol. The Kier molecular flexibility index (Phi) is 6.86. The minimum atomic E-state index is -0.780. The number of fused-ring (bicyclic) bond motifs is 1. The predicted molar refractivity (Wildman–Crippen MR) is 140 cm³/mol. The van der Waals surface area contributed by atoms with Crippen LogP contribution in [0.25, 0.3) is 10.9 Å². The van der Waals surface area contributed by atoms with Crippen molar-refractivity contribution in [2.45, 2.75) is 32.5 Å². The summed E-state index contributed by atoms with van der Waals surface area (Å²) in [5, 5.41) is 5.14. The van der Waals surface area contributed by atoms with Crippen molar-refractivity contribution in [2.24, 2.45) is 0 Å². The molecule has 1 fully saturated rings. The number of hydrogen-bond acceptors (Lipinski definition) is 6. The molecule has 0 bridgehead atoms. The number of nitrogens with zero attached hydrogens (tertiary/aromatic N) is 3. The van der Waals surface area contributed by atoms with Crippen molar-refractivity contribution in [3.8, 4) is 0 Å². The van der Waals surface area contributed by atoms with Gasteiger partial charge in [0, 0.05) is 66.0 Å². The number of amides is 2. The molecule has 1 aliphatic rings. The first kappa shape index (κ1) is 24.8. The first-order valence-electron chi connectivity index (χ1n) is 12.0. The number of Topliss-reactive ketones (excluding diaryl/α,β-unsaturated/α-hetero) is 1. The summed E-state index contributed by atoms with van der Waals surface area (Å²) < 4.78 is 13.3. The lowest BCUT2D eigenvalue weighted by Gasteiger charge is -2.44. The van der Waals surface area contributed by atoms with Crippen LogP contribution in [0, 0.1) is 5.82 Å². The van der Waals surface area contributed by atoms with E-state index in [9.17, 15) is 18.8 Å². The molecule has 10 heteroatoms. The van der Waals surface area contributed by atoms with E-state index in [4.69, 9.17) is 0 Å². The van der Waals surface area contributed by atoms with Crippen LogP contribution in [0.5, 0.6) is 0 Å². The van der Waals surface area contributed by atoms with Crippen LogP contribution in [0.4, 0.5) is 9.52 Å². The van der Waals surface area contributed by atoms with Gasteiger partial charge in [-0.1, -0.05) is 12.1 Å². The highest BCUT2D eigenvalue weighted by Crippen LogP contribution is 2.26. The van der Waals surface area contributed by atoms with E-state index in [0.717, 1.165) is 5.56 Å². The second-order valence-corrected chi connectivity index (χ2v) is 10.2. The molecular formula is C27H26FN5O3S. The number of aromatic nitrogens is 2. The maximum Gasteiger partial charge on any atom is 0.298 e. The minimum absolute atomic E-state index is 0.0528. The molecule has 1 saturated heterocycles. The van der Waals surface area contributed by atoms with Crippen LogP contribution >= 0.6 is 11.3 Å². The molecular weight excluding hydrogens is 493 g/mol. The van der Waals surface area contributed by atoms with Crippen molar-refractivity contribution in [2.75, 3.05) is 18.4 Å². The average molecular weight is 520 g/mol. The molecule has 5 rings (SSSR count). The van der Waals surface area contributed by atoms with E-state index in [1.54, 1.807) is 48.1 Å². The molecule has 2 N–H and O–H groups in total. The van der Waals surface area contributed by atoms with Crippen molar-refractivity contribution >= 4 is 45.0 Å². The molecule has 37 heavy (non-hydrogen) atoms. The smallest absolute Gasteiger partial charge is 0.298 e. The largest absolute Gasteiger partial charge is 0.360 e. The number of aromatic amines is 1. The molecule has 0 saturated carbocycles. The predicted octanol–water partition coefficient (Wildman–Crippen LogP) is 4.32. The molecule has 2 amide bonds. The molecule has 0 unspecified atom stereocenters. The fraction of sp³-hybridized carbons (Fsp3) is 0.259. The molecule has 8 nitrogen and oxygen atoms in total. The number of anilines is 1. The van der Waals surface area contributed by atoms with Gasteiger partial charge in [0.1, 0.15) is 5.82 Å². The zero-order chi connectivity index (χ0) is 26.1. The van der Waals surface area contributed by atoms with Crippen molar-refractivity contribution in [1.82, 2.24) is 19.8 Å². The zero-order valence-electron chi connectivity index (χ0n) is 20.4. The van der Waals surface area contributed by atoms with E-state index in [1.165, 1.54) is 23.5 Å². The summed E-state index contributed by atoms with van der Waals surface area (Å²) in [4.78, 5) is 50.0. The zero-order valence-corrected chi connectivity index (χ0v) is 21.2. The first-order valence-corrected chi connectivity index (χ1v) is 12.8. The van der Waals surface area contributed by atoms with Gasteiger partial charge in [-0.05, 0) is 49.7 Å². The van der Waals surface area contributed by atoms with Crippen LogP contribution in [-0.4, -0.2) is 62.5 Å². The van der Waals surface area contributed by atoms with Crippen molar-refractivity contribution < 1.29 is 18.8 Å². The SMILES string of the molecule is C[C@@H]1CN(Cc2ccc(F)cc2)[C@@H](C)CN1C(=O)c1c[nH]c2ccc(C(=O)C(=O)Nc3nccs3)cc12. The molecule has 0 radical (unpaired) electrons. The number of rotatable bonds is 6. The van der Waals surface area contributed by atoms with Crippen molar-refractivity contribution in [1.29, 1.82) is 0 Å². The molecule has 3 heterocycles. The molecule has 0 spiro atoms. The van der Waals surface area contributed by atoms with Crippen molar-refractivity contribution in [3.63, 3.8) is 0 Å². The fourth-order valence-corrected chi connectivity index (χ4v) is 5.21. The number of piperazine rings is 1. The maximum absolute atomic E-state index is 13.6. The average Bonchev–Trinajstić information content (AvgIpc) is 3.56. The summed E-state index contributed by atoms with van der Waals surface area (Å²) in [5.74, 6) is -1.88. The van der Waals surface area contributed by atoms with Gasteiger partial charge >= 0.3 is 0 Å². The molecule has 190 valence electrons. The second kappa shape index (κ2) is 10.2. The molecule has 2 aromatic carbocycles. The highest BCUT2D eigenvalue weighted by Gasteiger charge is 2.33. The highest BCUT2D eigenvalue weighted by atomic mass is 32.1. The summed E-state index contributed by atoms with van der Waals surface area (Å²) in [6, 6.07) is 11.4. The number of benzene rings is 2. The number of ketones is 1. The van der Waals surface area contributed by atoms with Gasteiger partial charge in [0.05, 0.1) is 5.56 Å². The number of halogens is 1. The normalized spacial score (nSPS) is 18.2. The molecule has 1 aliphatic heterocycles. The third kappa shape index (κ3) is 5.16. The number of nitrogens with one attached hydrogen (secondary N) is 2. The summed E-state index contributed by atoms with van der Waals surface area (Å²) in [5.41, 5.74) is 2.38. The number of hydrogen-bond donors (Lipinski definition) is 2.